The topological polar surface area (TPSA) is 122 Å². The molecule has 0 bridgehead atoms. The van der Waals surface area contributed by atoms with Crippen molar-refractivity contribution in [1.82, 2.24) is 14.9 Å². The Hall–Kier alpha value is -2.94. The predicted octanol–water partition coefficient (Wildman–Crippen LogP) is 3.78. The summed E-state index contributed by atoms with van der Waals surface area (Å²) in [5, 5.41) is 21.0. The number of nitrogens with one attached hydrogen (secondary N) is 1. The third-order valence-electron chi connectivity index (χ3n) is 4.63. The summed E-state index contributed by atoms with van der Waals surface area (Å²) < 4.78 is 65.4. The van der Waals surface area contributed by atoms with Gasteiger partial charge in [-0.15, -0.1) is 11.3 Å². The van der Waals surface area contributed by atoms with Crippen LogP contribution < -0.4 is 10.9 Å². The normalized spacial score (nSPS) is 15.2. The molecule has 2 aromatic rings. The van der Waals surface area contributed by atoms with E-state index in [0.717, 1.165) is 30.0 Å². The number of carboxylic acids is 2. The van der Waals surface area contributed by atoms with Gasteiger partial charge in [0.15, 0.2) is 0 Å². The zero-order valence-electron chi connectivity index (χ0n) is 19.4. The van der Waals surface area contributed by atoms with Gasteiger partial charge in [-0.1, -0.05) is 19.9 Å². The molecule has 0 saturated heterocycles. The molecule has 0 aromatic carbocycles. The Balaban J connectivity index is 0.000000383. The molecule has 0 aliphatic heterocycles. The van der Waals surface area contributed by atoms with Gasteiger partial charge in [-0.25, -0.2) is 14.6 Å². The van der Waals surface area contributed by atoms with Crippen LogP contribution in [0.3, 0.4) is 0 Å². The minimum atomic E-state index is -5.08. The monoisotopic (exact) mass is 545 g/mol. The Morgan fingerprint density at radius 3 is 2.08 bits per heavy atom. The van der Waals surface area contributed by atoms with Gasteiger partial charge in [0.1, 0.15) is 0 Å². The van der Waals surface area contributed by atoms with Crippen molar-refractivity contribution >= 4 is 23.3 Å². The molecule has 3 N–H and O–H groups in total. The van der Waals surface area contributed by atoms with Gasteiger partial charge in [0.25, 0.3) is 5.56 Å². The van der Waals surface area contributed by atoms with Gasteiger partial charge < -0.3 is 20.1 Å². The van der Waals surface area contributed by atoms with E-state index in [4.69, 9.17) is 19.8 Å². The highest BCUT2D eigenvalue weighted by Crippen LogP contribution is 2.21. The molecule has 1 atom stereocenters. The van der Waals surface area contributed by atoms with Crippen molar-refractivity contribution in [3.63, 3.8) is 0 Å². The largest absolute Gasteiger partial charge is 0.490 e. The fourth-order valence-electron chi connectivity index (χ4n) is 3.25. The molecule has 3 rings (SSSR count). The molecule has 1 unspecified atom stereocenters. The van der Waals surface area contributed by atoms with Crippen LogP contribution in [0.1, 0.15) is 42.2 Å². The van der Waals surface area contributed by atoms with Crippen molar-refractivity contribution in [2.45, 2.75) is 71.0 Å². The molecule has 15 heteroatoms. The number of fused-ring (bicyclic) bond motifs is 1. The number of nitrogens with zero attached hydrogens (tertiary/aromatic N) is 2. The van der Waals surface area contributed by atoms with Crippen molar-refractivity contribution in [2.24, 2.45) is 0 Å². The van der Waals surface area contributed by atoms with E-state index in [1.165, 1.54) is 11.3 Å². The van der Waals surface area contributed by atoms with Crippen molar-refractivity contribution in [3.8, 4) is 0 Å². The average Bonchev–Trinajstić information content (AvgIpc) is 3.14. The number of carbonyl (C=O) groups is 2. The number of aliphatic carboxylic acids is 2. The molecule has 0 saturated carbocycles. The number of hydrogen-bond acceptors (Lipinski definition) is 6. The van der Waals surface area contributed by atoms with E-state index < -0.39 is 24.3 Å². The molecule has 2 aromatic heterocycles. The summed E-state index contributed by atoms with van der Waals surface area (Å²) in [6.45, 7) is 6.95. The Kier molecular flexibility index (Phi) is 11.1. The van der Waals surface area contributed by atoms with Crippen LogP contribution in [0.4, 0.5) is 26.3 Å². The number of halogens is 6. The van der Waals surface area contributed by atoms with Crippen molar-refractivity contribution in [1.29, 1.82) is 0 Å². The highest BCUT2D eigenvalue weighted by atomic mass is 32.1. The third kappa shape index (κ3) is 10.4. The number of alkyl halides is 6. The highest BCUT2D eigenvalue weighted by molar-refractivity contribution is 7.09. The fourth-order valence-corrected chi connectivity index (χ4v) is 3.86. The zero-order valence-corrected chi connectivity index (χ0v) is 20.2. The van der Waals surface area contributed by atoms with E-state index >= 15 is 0 Å². The lowest BCUT2D eigenvalue weighted by Crippen LogP contribution is -2.40. The first-order valence-electron chi connectivity index (χ1n) is 10.4. The van der Waals surface area contributed by atoms with E-state index in [1.807, 2.05) is 22.9 Å². The summed E-state index contributed by atoms with van der Waals surface area (Å²) in [6.07, 6.45) is -7.12. The van der Waals surface area contributed by atoms with E-state index in [0.29, 0.717) is 18.6 Å². The minimum Gasteiger partial charge on any atom is -0.475 e. The number of aromatic nitrogens is 2. The van der Waals surface area contributed by atoms with Crippen LogP contribution in [0.2, 0.25) is 0 Å². The first kappa shape index (κ1) is 31.1. The van der Waals surface area contributed by atoms with Gasteiger partial charge in [-0.05, 0) is 31.7 Å². The molecule has 36 heavy (non-hydrogen) atoms. The number of carboxylic acid groups (broad SMARTS) is 2. The fraction of sp³-hybridized carbons (Fsp3) is 0.524. The standard InChI is InChI=1S/C17H23N3OS.2C2HF3O2/c1-11(2)18-14-5-6-16-13(8-14)4-7-17(21)20(16)9-15-10-22-12(3)19-15;2*3-2(4,5)1(6)7/h4,7,10-11,14,18H,5-6,8-9H2,1-3H3;2*(H,6,7). The number of thiazole rings is 1. The number of hydrogen-bond donors (Lipinski definition) is 3. The van der Waals surface area contributed by atoms with Crippen molar-refractivity contribution in [2.75, 3.05) is 0 Å². The molecule has 202 valence electrons. The average molecular weight is 546 g/mol. The number of pyridine rings is 1. The predicted molar refractivity (Wildman–Crippen MR) is 118 cm³/mol. The van der Waals surface area contributed by atoms with Crippen LogP contribution in [-0.2, 0) is 29.0 Å². The maximum absolute atomic E-state index is 12.3. The van der Waals surface area contributed by atoms with Crippen LogP contribution in [0.15, 0.2) is 22.3 Å². The Bertz CT molecular complexity index is 1070. The number of rotatable bonds is 4. The maximum Gasteiger partial charge on any atom is 0.490 e. The Morgan fingerprint density at radius 2 is 1.67 bits per heavy atom. The SMILES string of the molecule is Cc1nc(Cn2c3c(ccc2=O)CC(NC(C)C)CC3)cs1.O=C(O)C(F)(F)F.O=C(O)C(F)(F)F. The molecule has 0 radical (unpaired) electrons. The summed E-state index contributed by atoms with van der Waals surface area (Å²) in [7, 11) is 0. The first-order chi connectivity index (χ1) is 16.4. The van der Waals surface area contributed by atoms with E-state index in [-0.39, 0.29) is 5.56 Å². The molecule has 1 aliphatic rings. The molecule has 0 fully saturated rings. The van der Waals surface area contributed by atoms with Crippen LogP contribution in [-0.4, -0.2) is 56.1 Å². The Labute approximate surface area is 205 Å². The molecular formula is C21H25F6N3O5S. The summed E-state index contributed by atoms with van der Waals surface area (Å²) in [5.41, 5.74) is 3.57. The van der Waals surface area contributed by atoms with Crippen LogP contribution in [0, 0.1) is 6.92 Å². The smallest absolute Gasteiger partial charge is 0.475 e. The van der Waals surface area contributed by atoms with Crippen LogP contribution >= 0.6 is 11.3 Å². The van der Waals surface area contributed by atoms with Gasteiger partial charge in [-0.2, -0.15) is 26.3 Å². The summed E-state index contributed by atoms with van der Waals surface area (Å²) in [5.74, 6) is -5.51. The summed E-state index contributed by atoms with van der Waals surface area (Å²) in [4.78, 5) is 34.6. The second kappa shape index (κ2) is 12.9. The number of aryl methyl sites for hydroxylation is 1. The lowest BCUT2D eigenvalue weighted by Gasteiger charge is -2.29. The third-order valence-corrected chi connectivity index (χ3v) is 5.45. The van der Waals surface area contributed by atoms with Gasteiger partial charge >= 0.3 is 24.3 Å². The van der Waals surface area contributed by atoms with Gasteiger partial charge in [0.2, 0.25) is 0 Å². The maximum atomic E-state index is 12.3. The van der Waals surface area contributed by atoms with E-state index in [9.17, 15) is 31.1 Å². The summed E-state index contributed by atoms with van der Waals surface area (Å²) >= 11 is 1.64. The van der Waals surface area contributed by atoms with E-state index in [2.05, 4.69) is 24.1 Å². The quantitative estimate of drug-likeness (QED) is 0.500. The van der Waals surface area contributed by atoms with E-state index in [1.54, 1.807) is 17.4 Å². The van der Waals surface area contributed by atoms with Gasteiger partial charge in [-0.3, -0.25) is 4.79 Å². The Morgan fingerprint density at radius 1 is 1.14 bits per heavy atom. The first-order valence-corrected chi connectivity index (χ1v) is 11.3. The van der Waals surface area contributed by atoms with Crippen molar-refractivity contribution < 1.29 is 46.1 Å². The lowest BCUT2D eigenvalue weighted by molar-refractivity contribution is -0.193. The van der Waals surface area contributed by atoms with Gasteiger partial charge in [0.05, 0.1) is 17.2 Å². The zero-order chi connectivity index (χ0) is 27.8. The lowest BCUT2D eigenvalue weighted by atomic mass is 9.91. The molecule has 0 amide bonds. The molecule has 1 aliphatic carbocycles. The minimum absolute atomic E-state index is 0.0830. The van der Waals surface area contributed by atoms with Crippen LogP contribution in [0.25, 0.3) is 0 Å². The second-order valence-corrected chi connectivity index (χ2v) is 9.02. The van der Waals surface area contributed by atoms with Gasteiger partial charge in [0, 0.05) is 29.2 Å². The summed E-state index contributed by atoms with van der Waals surface area (Å²) in [6, 6.07) is 4.72. The second-order valence-electron chi connectivity index (χ2n) is 7.95. The molecular weight excluding hydrogens is 520 g/mol. The molecule has 0 spiro atoms. The highest BCUT2D eigenvalue weighted by Gasteiger charge is 2.38. The molecule has 8 nitrogen and oxygen atoms in total. The van der Waals surface area contributed by atoms with Crippen LogP contribution in [0.5, 0.6) is 0 Å². The molecule has 2 heterocycles. The van der Waals surface area contributed by atoms with Crippen molar-refractivity contribution in [3.05, 3.63) is 49.8 Å².